The van der Waals surface area contributed by atoms with Gasteiger partial charge in [-0.2, -0.15) is 0 Å². The van der Waals surface area contributed by atoms with Crippen LogP contribution >= 0.6 is 0 Å². The highest BCUT2D eigenvalue weighted by atomic mass is 16.8. The van der Waals surface area contributed by atoms with Gasteiger partial charge in [0.1, 0.15) is 0 Å². The molecule has 0 aliphatic carbocycles. The number of hydrogen-bond donors (Lipinski definition) is 1. The normalized spacial score (nSPS) is 15.6. The first-order chi connectivity index (χ1) is 10.6. The molecule has 0 atom stereocenters. The molecular formula is C16H11N2O4-. The van der Waals surface area contributed by atoms with E-state index in [1.165, 1.54) is 18.2 Å². The number of esters is 1. The summed E-state index contributed by atoms with van der Waals surface area (Å²) < 4.78 is 5.13. The molecule has 0 spiro atoms. The van der Waals surface area contributed by atoms with Crippen molar-refractivity contribution >= 4 is 23.6 Å². The van der Waals surface area contributed by atoms with Gasteiger partial charge in [-0.1, -0.05) is 30.3 Å². The van der Waals surface area contributed by atoms with E-state index < -0.39 is 5.97 Å². The number of benzene rings is 2. The van der Waals surface area contributed by atoms with Gasteiger partial charge in [-0.25, -0.2) is 9.79 Å². The lowest BCUT2D eigenvalue weighted by Crippen LogP contribution is -2.06. The Hall–Kier alpha value is -2.96. The average Bonchev–Trinajstić information content (AvgIpc) is 2.89. The maximum absolute atomic E-state index is 11.9. The SMILES string of the molecule is O=C1OC(c2ccccc2)=NC1=Cc1cccc(N([O-])O)c1. The van der Waals surface area contributed by atoms with Crippen molar-refractivity contribution in [3.8, 4) is 0 Å². The fourth-order valence-corrected chi connectivity index (χ4v) is 2.00. The summed E-state index contributed by atoms with van der Waals surface area (Å²) in [6.07, 6.45) is 1.49. The molecule has 110 valence electrons. The van der Waals surface area contributed by atoms with Crippen LogP contribution in [0.4, 0.5) is 5.69 Å². The molecule has 2 aromatic carbocycles. The smallest absolute Gasteiger partial charge is 0.363 e. The summed E-state index contributed by atoms with van der Waals surface area (Å²) in [6, 6.07) is 15.2. The van der Waals surface area contributed by atoms with Gasteiger partial charge in [0, 0.05) is 5.56 Å². The van der Waals surface area contributed by atoms with Gasteiger partial charge in [-0.3, -0.25) is 5.21 Å². The highest BCUT2D eigenvalue weighted by Gasteiger charge is 2.23. The van der Waals surface area contributed by atoms with E-state index in [2.05, 4.69) is 4.99 Å². The largest absolute Gasteiger partial charge is 0.733 e. The summed E-state index contributed by atoms with van der Waals surface area (Å²) in [5.41, 5.74) is 1.45. The fraction of sp³-hybridized carbons (Fsp3) is 0. The van der Waals surface area contributed by atoms with E-state index in [-0.39, 0.29) is 22.5 Å². The summed E-state index contributed by atoms with van der Waals surface area (Å²) in [7, 11) is 0. The summed E-state index contributed by atoms with van der Waals surface area (Å²) >= 11 is 0. The van der Waals surface area contributed by atoms with Crippen LogP contribution < -0.4 is 5.23 Å². The maximum Gasteiger partial charge on any atom is 0.363 e. The van der Waals surface area contributed by atoms with Crippen molar-refractivity contribution in [1.82, 2.24) is 0 Å². The first-order valence-corrected chi connectivity index (χ1v) is 6.48. The molecule has 1 aliphatic rings. The zero-order valence-electron chi connectivity index (χ0n) is 11.3. The predicted molar refractivity (Wildman–Crippen MR) is 81.1 cm³/mol. The summed E-state index contributed by atoms with van der Waals surface area (Å²) in [6.45, 7) is 0. The molecule has 0 aromatic heterocycles. The maximum atomic E-state index is 11.9. The number of cyclic esters (lactones) is 1. The third-order valence-corrected chi connectivity index (χ3v) is 3.04. The van der Waals surface area contributed by atoms with Crippen LogP contribution in [0.3, 0.4) is 0 Å². The first-order valence-electron chi connectivity index (χ1n) is 6.48. The summed E-state index contributed by atoms with van der Waals surface area (Å²) in [5, 5.41) is 19.5. The van der Waals surface area contributed by atoms with Crippen LogP contribution in [0.1, 0.15) is 11.1 Å². The molecule has 0 radical (unpaired) electrons. The Labute approximate surface area is 126 Å². The Bertz CT molecular complexity index is 767. The van der Waals surface area contributed by atoms with Crippen LogP contribution in [-0.2, 0) is 9.53 Å². The van der Waals surface area contributed by atoms with Crippen LogP contribution in [-0.4, -0.2) is 17.1 Å². The number of carbonyl (C=O) groups excluding carboxylic acids is 1. The molecule has 0 saturated carbocycles. The highest BCUT2D eigenvalue weighted by Crippen LogP contribution is 2.21. The molecule has 1 aliphatic heterocycles. The second-order valence-corrected chi connectivity index (χ2v) is 4.57. The molecule has 0 fully saturated rings. The third kappa shape index (κ3) is 2.88. The second-order valence-electron chi connectivity index (χ2n) is 4.57. The molecule has 6 heteroatoms. The number of hydrogen-bond acceptors (Lipinski definition) is 6. The summed E-state index contributed by atoms with van der Waals surface area (Å²) in [5.74, 6) is -0.326. The van der Waals surface area contributed by atoms with E-state index in [0.717, 1.165) is 0 Å². The van der Waals surface area contributed by atoms with Crippen LogP contribution in [0.2, 0.25) is 0 Å². The monoisotopic (exact) mass is 295 g/mol. The van der Waals surface area contributed by atoms with Gasteiger partial charge in [0.25, 0.3) is 0 Å². The number of anilines is 1. The van der Waals surface area contributed by atoms with E-state index in [4.69, 9.17) is 9.94 Å². The Kier molecular flexibility index (Phi) is 3.69. The zero-order chi connectivity index (χ0) is 15.5. The Morgan fingerprint density at radius 3 is 2.64 bits per heavy atom. The van der Waals surface area contributed by atoms with Crippen molar-refractivity contribution in [2.75, 3.05) is 5.23 Å². The van der Waals surface area contributed by atoms with Crippen molar-refractivity contribution in [3.63, 3.8) is 0 Å². The van der Waals surface area contributed by atoms with Crippen molar-refractivity contribution < 1.29 is 14.7 Å². The zero-order valence-corrected chi connectivity index (χ0v) is 11.3. The molecule has 0 unspecified atom stereocenters. The number of aliphatic imine (C=N–C) groups is 1. The van der Waals surface area contributed by atoms with E-state index in [0.29, 0.717) is 11.1 Å². The lowest BCUT2D eigenvalue weighted by molar-refractivity contribution is -0.129. The van der Waals surface area contributed by atoms with Crippen LogP contribution in [0, 0.1) is 5.21 Å². The predicted octanol–water partition coefficient (Wildman–Crippen LogP) is 2.72. The standard InChI is InChI=1S/C16H11N2O4/c19-16-14(10-11-5-4-8-13(9-11)18(20)21)17-15(22-16)12-6-2-1-3-7-12/h1-10,20H/q-1. The lowest BCUT2D eigenvalue weighted by Gasteiger charge is -2.21. The molecule has 6 nitrogen and oxygen atoms in total. The van der Waals surface area contributed by atoms with Gasteiger partial charge in [0.2, 0.25) is 5.90 Å². The fourth-order valence-electron chi connectivity index (χ4n) is 2.00. The van der Waals surface area contributed by atoms with Crippen LogP contribution in [0.15, 0.2) is 65.3 Å². The van der Waals surface area contributed by atoms with Crippen molar-refractivity contribution in [2.24, 2.45) is 4.99 Å². The lowest BCUT2D eigenvalue weighted by atomic mass is 10.1. The Balaban J connectivity index is 1.93. The van der Waals surface area contributed by atoms with E-state index in [1.54, 1.807) is 24.3 Å². The minimum atomic E-state index is -0.563. The molecule has 0 saturated heterocycles. The highest BCUT2D eigenvalue weighted by molar-refractivity contribution is 6.12. The van der Waals surface area contributed by atoms with Crippen LogP contribution in [0.5, 0.6) is 0 Å². The van der Waals surface area contributed by atoms with E-state index >= 15 is 0 Å². The number of nitrogens with zero attached hydrogens (tertiary/aromatic N) is 2. The Morgan fingerprint density at radius 2 is 1.91 bits per heavy atom. The van der Waals surface area contributed by atoms with Crippen LogP contribution in [0.25, 0.3) is 6.08 Å². The van der Waals surface area contributed by atoms with Crippen molar-refractivity contribution in [1.29, 1.82) is 0 Å². The van der Waals surface area contributed by atoms with Gasteiger partial charge in [0.05, 0.1) is 5.69 Å². The molecule has 0 amide bonds. The molecule has 1 heterocycles. The van der Waals surface area contributed by atoms with Crippen molar-refractivity contribution in [3.05, 3.63) is 76.6 Å². The Morgan fingerprint density at radius 1 is 1.14 bits per heavy atom. The molecular weight excluding hydrogens is 284 g/mol. The average molecular weight is 295 g/mol. The summed E-state index contributed by atoms with van der Waals surface area (Å²) in [4.78, 5) is 16.0. The third-order valence-electron chi connectivity index (χ3n) is 3.04. The topological polar surface area (TPSA) is 85.2 Å². The number of rotatable bonds is 3. The van der Waals surface area contributed by atoms with Gasteiger partial charge < -0.3 is 15.2 Å². The molecule has 0 bridgehead atoms. The van der Waals surface area contributed by atoms with E-state index in [9.17, 15) is 10.0 Å². The van der Waals surface area contributed by atoms with Gasteiger partial charge in [-0.05, 0) is 35.9 Å². The minimum absolute atomic E-state index is 0.0629. The first kappa shape index (κ1) is 14.0. The van der Waals surface area contributed by atoms with Gasteiger partial charge in [0.15, 0.2) is 5.70 Å². The van der Waals surface area contributed by atoms with Gasteiger partial charge in [-0.15, -0.1) is 0 Å². The second kappa shape index (κ2) is 5.80. The minimum Gasteiger partial charge on any atom is -0.733 e. The molecule has 2 aromatic rings. The number of ether oxygens (including phenoxy) is 1. The number of carbonyl (C=O) groups is 1. The van der Waals surface area contributed by atoms with Gasteiger partial charge >= 0.3 is 5.97 Å². The quantitative estimate of drug-likeness (QED) is 0.534. The molecule has 22 heavy (non-hydrogen) atoms. The molecule has 3 rings (SSSR count). The van der Waals surface area contributed by atoms with E-state index in [1.807, 2.05) is 18.2 Å². The molecule has 1 N–H and O–H groups in total. The van der Waals surface area contributed by atoms with Crippen molar-refractivity contribution in [2.45, 2.75) is 0 Å².